The Kier molecular flexibility index (Phi) is 56.9. The summed E-state index contributed by atoms with van der Waals surface area (Å²) >= 11 is 1.61. The minimum absolute atomic E-state index is 0. The van der Waals surface area contributed by atoms with Crippen LogP contribution >= 0.6 is 11.8 Å². The normalized spacial score (nSPS) is 19.1. The Morgan fingerprint density at radius 3 is 1.66 bits per heavy atom. The fourth-order valence-corrected chi connectivity index (χ4v) is 3.67. The van der Waals surface area contributed by atoms with E-state index in [4.69, 9.17) is 46.9 Å². The molecule has 3 N–H and O–H groups in total. The molecular formula is C35H46Co2O15S. The summed E-state index contributed by atoms with van der Waals surface area (Å²) in [7, 11) is 1.46. The van der Waals surface area contributed by atoms with Crippen molar-refractivity contribution in [2.75, 3.05) is 19.5 Å². The van der Waals surface area contributed by atoms with Crippen LogP contribution in [-0.4, -0.2) is 89.5 Å². The fourth-order valence-electron chi connectivity index (χ4n) is 3.23. The zero-order valence-electron chi connectivity index (χ0n) is 30.5. The van der Waals surface area contributed by atoms with Gasteiger partial charge in [0.2, 0.25) is 0 Å². The van der Waals surface area contributed by atoms with Crippen molar-refractivity contribution in [3.05, 3.63) is 63.5 Å². The Balaban J connectivity index is -0.000000218. The predicted octanol–water partition coefficient (Wildman–Crippen LogP) is 2.78. The van der Waals surface area contributed by atoms with E-state index in [1.807, 2.05) is 18.4 Å². The first-order valence-electron chi connectivity index (χ1n) is 14.4. The van der Waals surface area contributed by atoms with Gasteiger partial charge in [0, 0.05) is 47.1 Å². The molecule has 1 aliphatic heterocycles. The molecule has 0 aromatic rings. The number of aliphatic hydroxyl groups is 3. The van der Waals surface area contributed by atoms with Crippen LogP contribution in [0, 0.1) is 62.6 Å². The summed E-state index contributed by atoms with van der Waals surface area (Å²) in [6, 6.07) is 0. The van der Waals surface area contributed by atoms with Crippen LogP contribution in [0.1, 0.15) is 61.3 Å². The number of esters is 2. The number of carbonyl (C=O) groups is 2. The van der Waals surface area contributed by atoms with Crippen LogP contribution in [0.5, 0.6) is 0 Å². The third-order valence-corrected chi connectivity index (χ3v) is 6.42. The second-order valence-electron chi connectivity index (χ2n) is 11.4. The van der Waals surface area contributed by atoms with Gasteiger partial charge in [0.25, 0.3) is 0 Å². The molecule has 1 fully saturated rings. The average molecular weight is 857 g/mol. The smallest absolute Gasteiger partial charge is 0 e. The van der Waals surface area contributed by atoms with Crippen LogP contribution in [0.25, 0.3) is 0 Å². The number of hydrogen-bond donors (Lipinski definition) is 3. The van der Waals surface area contributed by atoms with E-state index in [1.165, 1.54) is 7.11 Å². The van der Waals surface area contributed by atoms with Crippen LogP contribution in [0.3, 0.4) is 0 Å². The fraction of sp³-hybridized carbons (Fsp3) is 0.600. The van der Waals surface area contributed by atoms with Crippen molar-refractivity contribution in [2.24, 2.45) is 10.8 Å². The van der Waals surface area contributed by atoms with E-state index in [9.17, 15) is 24.9 Å². The van der Waals surface area contributed by atoms with Crippen LogP contribution in [0.15, 0.2) is 23.6 Å². The first-order valence-corrected chi connectivity index (χ1v) is 15.4. The van der Waals surface area contributed by atoms with Gasteiger partial charge in [-0.2, -0.15) is 0 Å². The largest absolute Gasteiger partial charge is 0 e. The predicted molar refractivity (Wildman–Crippen MR) is 174 cm³/mol. The first kappa shape index (κ1) is 68.6. The summed E-state index contributed by atoms with van der Waals surface area (Å²) in [6.45, 7) is 39.2. The molecule has 0 amide bonds. The summed E-state index contributed by atoms with van der Waals surface area (Å²) in [4.78, 5) is 24.7. The Bertz CT molecular complexity index is 1120. The second-order valence-corrected chi connectivity index (χ2v) is 12.5. The van der Waals surface area contributed by atoms with E-state index in [-0.39, 0.29) is 46.6 Å². The molecule has 7 atom stereocenters. The van der Waals surface area contributed by atoms with Crippen LogP contribution < -0.4 is 0 Å². The zero-order valence-corrected chi connectivity index (χ0v) is 33.4. The summed E-state index contributed by atoms with van der Waals surface area (Å²) in [6.07, 6.45) is -1.37. The third-order valence-electron chi connectivity index (χ3n) is 5.70. The third kappa shape index (κ3) is 33.9. The molecule has 1 heterocycles. The van der Waals surface area contributed by atoms with E-state index in [1.54, 1.807) is 65.5 Å². The quantitative estimate of drug-likeness (QED) is 0.0901. The topological polar surface area (TPSA) is 251 Å². The molecule has 0 aromatic heterocycles. The van der Waals surface area contributed by atoms with Gasteiger partial charge in [-0.25, -0.2) is 0 Å². The summed E-state index contributed by atoms with van der Waals surface area (Å²) < 4.78 is 67.1. The molecule has 0 saturated carbocycles. The summed E-state index contributed by atoms with van der Waals surface area (Å²) in [5, 5.41) is 32.9. The van der Waals surface area contributed by atoms with E-state index < -0.39 is 65.5 Å². The number of rotatable bonds is 11. The second kappa shape index (κ2) is 44.0. The molecule has 1 saturated heterocycles. The number of thioether (sulfide) groups is 1. The zero-order chi connectivity index (χ0) is 41.8. The first-order chi connectivity index (χ1) is 24.1. The number of ether oxygens (including phenoxy) is 4. The van der Waals surface area contributed by atoms with E-state index in [2.05, 4.69) is 51.7 Å². The molecule has 300 valence electrons. The Hall–Kier alpha value is -2.42. The van der Waals surface area contributed by atoms with E-state index in [0.717, 1.165) is 5.75 Å². The van der Waals surface area contributed by atoms with Gasteiger partial charge in [0.05, 0.1) is 23.0 Å². The number of carbonyl (C=O) groups excluding carboxylic acids is 2. The molecular weight excluding hydrogens is 810 g/mol. The number of methoxy groups -OCH3 is 1. The Morgan fingerprint density at radius 1 is 0.792 bits per heavy atom. The molecule has 0 spiro atoms. The van der Waals surface area contributed by atoms with Gasteiger partial charge < -0.3 is 34.3 Å². The van der Waals surface area contributed by atoms with Crippen LogP contribution in [-0.2, 0) is 90.0 Å². The maximum atomic E-state index is 12.4. The monoisotopic (exact) mass is 856 g/mol. The Labute approximate surface area is 337 Å². The minimum Gasteiger partial charge on any atom is 0 e. The minimum atomic E-state index is -1.35. The maximum absolute atomic E-state index is 12.4. The van der Waals surface area contributed by atoms with Crippen molar-refractivity contribution >= 4 is 23.7 Å². The van der Waals surface area contributed by atoms with Gasteiger partial charge in [0.1, 0.15) is 31.0 Å². The van der Waals surface area contributed by atoms with Crippen molar-refractivity contribution in [3.8, 4) is 11.8 Å². The van der Waals surface area contributed by atoms with Crippen LogP contribution in [0.4, 0.5) is 0 Å². The van der Waals surface area contributed by atoms with Crippen molar-refractivity contribution in [2.45, 2.75) is 104 Å². The van der Waals surface area contributed by atoms with Gasteiger partial charge in [-0.3, -0.25) is 9.59 Å². The van der Waals surface area contributed by atoms with E-state index in [0.29, 0.717) is 6.42 Å². The molecule has 0 aromatic carbocycles. The molecule has 0 bridgehead atoms. The summed E-state index contributed by atoms with van der Waals surface area (Å²) in [5.41, 5.74) is -1.45. The van der Waals surface area contributed by atoms with Gasteiger partial charge in [-0.05, 0) is 71.3 Å². The number of aliphatic hydroxyl groups excluding tert-OH is 3. The van der Waals surface area contributed by atoms with Crippen molar-refractivity contribution in [1.82, 2.24) is 0 Å². The molecule has 18 heteroatoms. The van der Waals surface area contributed by atoms with Gasteiger partial charge in [-0.1, -0.05) is 24.8 Å². The molecule has 0 aliphatic carbocycles. The van der Waals surface area contributed by atoms with Crippen molar-refractivity contribution < 1.29 is 105 Å². The molecule has 1 aliphatic rings. The van der Waals surface area contributed by atoms with E-state index >= 15 is 0 Å². The van der Waals surface area contributed by atoms with Gasteiger partial charge in [0.15, 0.2) is 6.10 Å². The molecule has 53 heavy (non-hydrogen) atoms. The van der Waals surface area contributed by atoms with Crippen molar-refractivity contribution in [1.29, 1.82) is 0 Å². The van der Waals surface area contributed by atoms with Crippen LogP contribution in [0.2, 0.25) is 0 Å². The molecule has 1 rings (SSSR count). The SMILES string of the molecule is CCS/C=C/C[C@H]1O[C@@H](CC#CC(/C=C/[C@@H](COC(=O)C(C)(C)C)OC(=O)C(C)(C)C)OC)[C@H](O)[C@@H](O)[C@@H]1O.[C-]#[O+].[C-]#[O+].[C-]#[O+].[C-]#[O+].[C-]#[O+].[C-]#[O+].[Co].[Co]. The molecule has 15 nitrogen and oxygen atoms in total. The van der Waals surface area contributed by atoms with Gasteiger partial charge in [-0.15, -0.1) is 11.8 Å². The van der Waals surface area contributed by atoms with Crippen molar-refractivity contribution in [3.63, 3.8) is 0 Å². The molecule has 1 unspecified atom stereocenters. The Morgan fingerprint density at radius 2 is 1.25 bits per heavy atom. The molecule has 2 radical (unpaired) electrons. The standard InChI is InChI=1S/C29H46O9S.6CO.2Co/c1-9-39-17-11-14-22-24(31)25(32)23(30)21(38-22)13-10-12-19(35-8)15-16-20(37-27(34)29(5,6)7)18-36-26(33)28(2,3)4;6*1-2;;/h11,15-17,19-25,30-32H,9,13-14,18H2,1-8H3;;;;;;;;/b16-15+,17-11+;;;;;;;;/t19?,20-,21-,22+,23-,24+,25+;;;;;;;;/m0......../s1. The van der Waals surface area contributed by atoms with Gasteiger partial charge >= 0.3 is 79.8 Å². The summed E-state index contributed by atoms with van der Waals surface area (Å²) in [5.74, 6) is 5.86. The number of hydrogen-bond acceptors (Lipinski definition) is 10. The average Bonchev–Trinajstić information content (AvgIpc) is 3.14. The maximum Gasteiger partial charge on any atom is 0 e.